The Morgan fingerprint density at radius 2 is 2.11 bits per heavy atom. The number of rotatable bonds is 5. The Labute approximate surface area is 113 Å². The molecule has 2 unspecified atom stereocenters. The normalized spacial score (nSPS) is 14.5. The van der Waals surface area contributed by atoms with E-state index in [0.717, 1.165) is 22.2 Å². The Hall–Kier alpha value is -1.49. The first-order valence-corrected chi connectivity index (χ1v) is 6.60. The van der Waals surface area contributed by atoms with Gasteiger partial charge in [0, 0.05) is 17.7 Å². The highest BCUT2D eigenvalue weighted by Gasteiger charge is 2.18. The summed E-state index contributed by atoms with van der Waals surface area (Å²) < 4.78 is 5.62. The number of hydrogen-bond donors (Lipinski definition) is 2. The van der Waals surface area contributed by atoms with Gasteiger partial charge in [0.1, 0.15) is 0 Å². The van der Waals surface area contributed by atoms with E-state index in [2.05, 4.69) is 28.6 Å². The van der Waals surface area contributed by atoms with Crippen LogP contribution in [0.2, 0.25) is 0 Å². The maximum atomic E-state index is 5.66. The average Bonchev–Trinajstić information content (AvgIpc) is 2.40. The van der Waals surface area contributed by atoms with Gasteiger partial charge in [-0.15, -0.1) is 0 Å². The standard InChI is InChI=1S/C15H21N3O/c1-4-19-11(3)15(18-16)13-7-8-14-12(9-13)6-5-10(2)17-14/h5-9,11,15,18H,4,16H2,1-3H3. The zero-order valence-corrected chi connectivity index (χ0v) is 11.7. The Bertz CT molecular complexity index is 556. The van der Waals surface area contributed by atoms with Crippen molar-refractivity contribution in [2.75, 3.05) is 6.61 Å². The lowest BCUT2D eigenvalue weighted by atomic mass is 10.0. The molecule has 4 nitrogen and oxygen atoms in total. The second kappa shape index (κ2) is 6.10. The number of ether oxygens (including phenoxy) is 1. The molecule has 0 saturated heterocycles. The Morgan fingerprint density at radius 1 is 1.32 bits per heavy atom. The fraction of sp³-hybridized carbons (Fsp3) is 0.400. The average molecular weight is 259 g/mol. The summed E-state index contributed by atoms with van der Waals surface area (Å²) >= 11 is 0. The first-order valence-electron chi connectivity index (χ1n) is 6.60. The van der Waals surface area contributed by atoms with E-state index >= 15 is 0 Å². The minimum Gasteiger partial charge on any atom is -0.377 e. The van der Waals surface area contributed by atoms with Crippen LogP contribution in [-0.2, 0) is 4.74 Å². The van der Waals surface area contributed by atoms with E-state index in [-0.39, 0.29) is 12.1 Å². The van der Waals surface area contributed by atoms with Crippen LogP contribution in [0, 0.1) is 6.92 Å². The quantitative estimate of drug-likeness (QED) is 0.639. The fourth-order valence-corrected chi connectivity index (χ4v) is 2.30. The summed E-state index contributed by atoms with van der Waals surface area (Å²) in [6.07, 6.45) is 0.0193. The van der Waals surface area contributed by atoms with Crippen molar-refractivity contribution in [1.29, 1.82) is 0 Å². The lowest BCUT2D eigenvalue weighted by Crippen LogP contribution is -2.36. The van der Waals surface area contributed by atoms with Crippen molar-refractivity contribution in [2.45, 2.75) is 32.9 Å². The summed E-state index contributed by atoms with van der Waals surface area (Å²) in [7, 11) is 0. The van der Waals surface area contributed by atoms with Gasteiger partial charge in [0.15, 0.2) is 0 Å². The third-order valence-electron chi connectivity index (χ3n) is 3.29. The maximum Gasteiger partial charge on any atom is 0.0754 e. The molecule has 2 rings (SSSR count). The van der Waals surface area contributed by atoms with Crippen LogP contribution >= 0.6 is 0 Å². The number of pyridine rings is 1. The minimum atomic E-state index is -0.0225. The molecule has 0 fully saturated rings. The second-order valence-electron chi connectivity index (χ2n) is 4.71. The molecular formula is C15H21N3O. The zero-order valence-electron chi connectivity index (χ0n) is 11.7. The first-order chi connectivity index (χ1) is 9.15. The molecule has 1 aromatic heterocycles. The SMILES string of the molecule is CCOC(C)C(NN)c1ccc2nc(C)ccc2c1. The topological polar surface area (TPSA) is 60.2 Å². The molecule has 0 amide bonds. The molecule has 0 spiro atoms. The molecule has 0 saturated carbocycles. The highest BCUT2D eigenvalue weighted by molar-refractivity contribution is 5.79. The summed E-state index contributed by atoms with van der Waals surface area (Å²) in [6.45, 7) is 6.67. The number of nitrogens with two attached hydrogens (primary N) is 1. The molecule has 3 N–H and O–H groups in total. The summed E-state index contributed by atoms with van der Waals surface area (Å²) in [6, 6.07) is 10.3. The maximum absolute atomic E-state index is 5.66. The number of hydrazine groups is 1. The number of nitrogens with zero attached hydrogens (tertiary/aromatic N) is 1. The van der Waals surface area contributed by atoms with Gasteiger partial charge in [0.25, 0.3) is 0 Å². The van der Waals surface area contributed by atoms with Crippen molar-refractivity contribution >= 4 is 10.9 Å². The van der Waals surface area contributed by atoms with Crippen molar-refractivity contribution in [3.8, 4) is 0 Å². The van der Waals surface area contributed by atoms with Crippen LogP contribution in [0.5, 0.6) is 0 Å². The number of benzene rings is 1. The van der Waals surface area contributed by atoms with Crippen LogP contribution < -0.4 is 11.3 Å². The molecular weight excluding hydrogens is 238 g/mol. The fourth-order valence-electron chi connectivity index (χ4n) is 2.30. The van der Waals surface area contributed by atoms with Crippen LogP contribution in [-0.4, -0.2) is 17.7 Å². The smallest absolute Gasteiger partial charge is 0.0754 e. The van der Waals surface area contributed by atoms with Gasteiger partial charge in [0.2, 0.25) is 0 Å². The van der Waals surface area contributed by atoms with Crippen LogP contribution in [0.1, 0.15) is 31.1 Å². The largest absolute Gasteiger partial charge is 0.377 e. The molecule has 102 valence electrons. The predicted molar refractivity (Wildman–Crippen MR) is 77.6 cm³/mol. The highest BCUT2D eigenvalue weighted by atomic mass is 16.5. The monoisotopic (exact) mass is 259 g/mol. The van der Waals surface area contributed by atoms with Gasteiger partial charge in [-0.3, -0.25) is 16.3 Å². The second-order valence-corrected chi connectivity index (χ2v) is 4.71. The molecule has 0 bridgehead atoms. The van der Waals surface area contributed by atoms with E-state index in [1.165, 1.54) is 0 Å². The number of aryl methyl sites for hydroxylation is 1. The third-order valence-corrected chi connectivity index (χ3v) is 3.29. The molecule has 2 aromatic rings. The van der Waals surface area contributed by atoms with Gasteiger partial charge < -0.3 is 4.74 Å². The molecule has 2 atom stereocenters. The molecule has 0 aliphatic carbocycles. The molecule has 0 aliphatic heterocycles. The minimum absolute atomic E-state index is 0.0193. The van der Waals surface area contributed by atoms with Gasteiger partial charge in [-0.25, -0.2) is 0 Å². The summed E-state index contributed by atoms with van der Waals surface area (Å²) in [4.78, 5) is 4.50. The van der Waals surface area contributed by atoms with Crippen molar-refractivity contribution in [3.05, 3.63) is 41.6 Å². The Morgan fingerprint density at radius 3 is 2.79 bits per heavy atom. The van der Waals surface area contributed by atoms with E-state index < -0.39 is 0 Å². The van der Waals surface area contributed by atoms with E-state index in [4.69, 9.17) is 10.6 Å². The van der Waals surface area contributed by atoms with E-state index in [1.54, 1.807) is 0 Å². The van der Waals surface area contributed by atoms with Crippen LogP contribution in [0.25, 0.3) is 10.9 Å². The van der Waals surface area contributed by atoms with Crippen LogP contribution in [0.4, 0.5) is 0 Å². The molecule has 0 aliphatic rings. The van der Waals surface area contributed by atoms with Crippen LogP contribution in [0.15, 0.2) is 30.3 Å². The molecule has 19 heavy (non-hydrogen) atoms. The summed E-state index contributed by atoms with van der Waals surface area (Å²) in [5.41, 5.74) is 5.97. The number of nitrogens with one attached hydrogen (secondary N) is 1. The van der Waals surface area contributed by atoms with Gasteiger partial charge in [0.05, 0.1) is 17.7 Å². The lowest BCUT2D eigenvalue weighted by Gasteiger charge is -2.23. The van der Waals surface area contributed by atoms with Crippen LogP contribution in [0.3, 0.4) is 0 Å². The van der Waals surface area contributed by atoms with Crippen molar-refractivity contribution in [1.82, 2.24) is 10.4 Å². The summed E-state index contributed by atoms with van der Waals surface area (Å²) in [5.74, 6) is 5.66. The molecule has 4 heteroatoms. The van der Waals surface area contributed by atoms with Crippen molar-refractivity contribution in [2.24, 2.45) is 5.84 Å². The molecule has 1 heterocycles. The first kappa shape index (κ1) is 13.9. The van der Waals surface area contributed by atoms with Gasteiger partial charge >= 0.3 is 0 Å². The van der Waals surface area contributed by atoms with Crippen molar-refractivity contribution < 1.29 is 4.74 Å². The molecule has 1 aromatic carbocycles. The van der Waals surface area contributed by atoms with Gasteiger partial charge in [-0.2, -0.15) is 0 Å². The summed E-state index contributed by atoms with van der Waals surface area (Å²) in [5, 5.41) is 1.12. The molecule has 0 radical (unpaired) electrons. The number of aromatic nitrogens is 1. The van der Waals surface area contributed by atoms with E-state index in [1.807, 2.05) is 32.9 Å². The van der Waals surface area contributed by atoms with Gasteiger partial charge in [-0.1, -0.05) is 12.1 Å². The highest BCUT2D eigenvalue weighted by Crippen LogP contribution is 2.22. The van der Waals surface area contributed by atoms with E-state index in [0.29, 0.717) is 6.61 Å². The lowest BCUT2D eigenvalue weighted by molar-refractivity contribution is 0.0473. The zero-order chi connectivity index (χ0) is 13.8. The van der Waals surface area contributed by atoms with E-state index in [9.17, 15) is 0 Å². The predicted octanol–water partition coefficient (Wildman–Crippen LogP) is 2.47. The third kappa shape index (κ3) is 3.10. The number of fused-ring (bicyclic) bond motifs is 1. The van der Waals surface area contributed by atoms with Gasteiger partial charge in [-0.05, 0) is 44.5 Å². The Balaban J connectivity index is 2.35. The van der Waals surface area contributed by atoms with Crippen molar-refractivity contribution in [3.63, 3.8) is 0 Å². The Kier molecular flexibility index (Phi) is 4.47. The number of hydrogen-bond acceptors (Lipinski definition) is 4.